The molecule has 0 unspecified atom stereocenters. The molecule has 3 aromatic rings. The fourth-order valence-corrected chi connectivity index (χ4v) is 2.70. The number of rotatable bonds is 4. The second kappa shape index (κ2) is 5.77. The predicted octanol–water partition coefficient (Wildman–Crippen LogP) is 2.47. The van der Waals surface area contributed by atoms with Crippen LogP contribution in [0.5, 0.6) is 0 Å². The molecule has 5 nitrogen and oxygen atoms in total. The molecule has 0 aliphatic heterocycles. The molecule has 2 aromatic heterocycles. The van der Waals surface area contributed by atoms with E-state index in [1.165, 1.54) is 0 Å². The van der Waals surface area contributed by atoms with Crippen LogP contribution in [0.25, 0.3) is 10.9 Å². The summed E-state index contributed by atoms with van der Waals surface area (Å²) in [7, 11) is 0. The third kappa shape index (κ3) is 2.80. The van der Waals surface area contributed by atoms with Crippen molar-refractivity contribution in [3.05, 3.63) is 62.7 Å². The zero-order valence-corrected chi connectivity index (χ0v) is 13.1. The minimum absolute atomic E-state index is 0.0716. The molecular formula is C17H20N4O. The van der Waals surface area contributed by atoms with E-state index in [1.54, 1.807) is 6.07 Å². The van der Waals surface area contributed by atoms with Crippen molar-refractivity contribution in [1.29, 1.82) is 0 Å². The van der Waals surface area contributed by atoms with Crippen LogP contribution >= 0.6 is 0 Å². The topological polar surface area (TPSA) is 73.6 Å². The van der Waals surface area contributed by atoms with Gasteiger partial charge in [0.15, 0.2) is 5.43 Å². The zero-order chi connectivity index (χ0) is 15.7. The lowest BCUT2D eigenvalue weighted by molar-refractivity contribution is 0.666. The third-order valence-electron chi connectivity index (χ3n) is 3.84. The number of fused-ring (bicyclic) bond motifs is 1. The highest BCUT2D eigenvalue weighted by Gasteiger charge is 2.07. The molecule has 1 aromatic carbocycles. The van der Waals surface area contributed by atoms with Crippen molar-refractivity contribution in [2.45, 2.75) is 33.9 Å². The number of pyridine rings is 1. The van der Waals surface area contributed by atoms with Gasteiger partial charge in [-0.15, -0.1) is 0 Å². The summed E-state index contributed by atoms with van der Waals surface area (Å²) in [6, 6.07) is 7.71. The van der Waals surface area contributed by atoms with E-state index in [0.29, 0.717) is 13.1 Å². The number of hydrogen-bond acceptors (Lipinski definition) is 3. The van der Waals surface area contributed by atoms with Crippen molar-refractivity contribution >= 4 is 10.9 Å². The maximum Gasteiger partial charge on any atom is 0.189 e. The van der Waals surface area contributed by atoms with Crippen LogP contribution in [0, 0.1) is 20.8 Å². The van der Waals surface area contributed by atoms with Crippen LogP contribution in [0.2, 0.25) is 0 Å². The van der Waals surface area contributed by atoms with E-state index in [-0.39, 0.29) is 5.43 Å². The Bertz CT molecular complexity index is 876. The maximum absolute atomic E-state index is 12.3. The number of hydrogen-bond donors (Lipinski definition) is 3. The van der Waals surface area contributed by atoms with Gasteiger partial charge < -0.3 is 10.3 Å². The third-order valence-corrected chi connectivity index (χ3v) is 3.84. The van der Waals surface area contributed by atoms with E-state index in [9.17, 15) is 4.79 Å². The van der Waals surface area contributed by atoms with Crippen LogP contribution in [0.4, 0.5) is 0 Å². The molecule has 2 heterocycles. The van der Waals surface area contributed by atoms with E-state index in [2.05, 4.69) is 20.5 Å². The van der Waals surface area contributed by atoms with Gasteiger partial charge in [0.25, 0.3) is 0 Å². The summed E-state index contributed by atoms with van der Waals surface area (Å²) in [5.41, 5.74) is 5.99. The molecule has 0 atom stereocenters. The van der Waals surface area contributed by atoms with Gasteiger partial charge in [0.2, 0.25) is 0 Å². The summed E-state index contributed by atoms with van der Waals surface area (Å²) in [4.78, 5) is 15.7. The Morgan fingerprint density at radius 2 is 1.86 bits per heavy atom. The molecule has 114 valence electrons. The summed E-state index contributed by atoms with van der Waals surface area (Å²) >= 11 is 0. The summed E-state index contributed by atoms with van der Waals surface area (Å²) < 4.78 is 0. The molecule has 3 N–H and O–H groups in total. The second-order valence-electron chi connectivity index (χ2n) is 5.75. The zero-order valence-electron chi connectivity index (χ0n) is 13.1. The predicted molar refractivity (Wildman–Crippen MR) is 87.9 cm³/mol. The summed E-state index contributed by atoms with van der Waals surface area (Å²) in [5, 5.41) is 11.2. The maximum atomic E-state index is 12.3. The lowest BCUT2D eigenvalue weighted by Gasteiger charge is -2.09. The number of benzene rings is 1. The van der Waals surface area contributed by atoms with E-state index in [4.69, 9.17) is 0 Å². The van der Waals surface area contributed by atoms with Crippen LogP contribution in [-0.2, 0) is 13.1 Å². The van der Waals surface area contributed by atoms with Gasteiger partial charge >= 0.3 is 0 Å². The molecule has 22 heavy (non-hydrogen) atoms. The van der Waals surface area contributed by atoms with Gasteiger partial charge in [-0.3, -0.25) is 9.89 Å². The van der Waals surface area contributed by atoms with E-state index < -0.39 is 0 Å². The van der Waals surface area contributed by atoms with E-state index >= 15 is 0 Å². The summed E-state index contributed by atoms with van der Waals surface area (Å²) in [6.07, 6.45) is 0. The molecule has 0 spiro atoms. The minimum Gasteiger partial charge on any atom is -0.357 e. The molecule has 0 saturated carbocycles. The molecule has 0 fully saturated rings. The fourth-order valence-electron chi connectivity index (χ4n) is 2.70. The number of aromatic nitrogens is 3. The van der Waals surface area contributed by atoms with Crippen molar-refractivity contribution in [2.24, 2.45) is 0 Å². The normalized spacial score (nSPS) is 11.2. The highest BCUT2D eigenvalue weighted by atomic mass is 16.1. The van der Waals surface area contributed by atoms with Crippen LogP contribution in [0.15, 0.2) is 29.1 Å². The molecule has 0 aliphatic carbocycles. The summed E-state index contributed by atoms with van der Waals surface area (Å²) in [6.45, 7) is 7.22. The minimum atomic E-state index is 0.0716. The summed E-state index contributed by atoms with van der Waals surface area (Å²) in [5.74, 6) is 0. The Morgan fingerprint density at radius 3 is 2.59 bits per heavy atom. The first-order chi connectivity index (χ1) is 10.5. The Kier molecular flexibility index (Phi) is 3.81. The highest BCUT2D eigenvalue weighted by Crippen LogP contribution is 2.17. The smallest absolute Gasteiger partial charge is 0.189 e. The molecule has 0 bridgehead atoms. The molecule has 5 heteroatoms. The van der Waals surface area contributed by atoms with Gasteiger partial charge in [0.1, 0.15) is 0 Å². The van der Waals surface area contributed by atoms with E-state index in [0.717, 1.165) is 39.1 Å². The van der Waals surface area contributed by atoms with Gasteiger partial charge in [-0.2, -0.15) is 5.10 Å². The van der Waals surface area contributed by atoms with Crippen molar-refractivity contribution < 1.29 is 0 Å². The van der Waals surface area contributed by atoms with Crippen LogP contribution < -0.4 is 10.7 Å². The monoisotopic (exact) mass is 296 g/mol. The van der Waals surface area contributed by atoms with Gasteiger partial charge in [-0.1, -0.05) is 12.1 Å². The van der Waals surface area contributed by atoms with E-state index in [1.807, 2.05) is 39.0 Å². The molecule has 3 rings (SSSR count). The Hall–Kier alpha value is -2.40. The molecular weight excluding hydrogens is 276 g/mol. The molecule has 0 saturated heterocycles. The highest BCUT2D eigenvalue weighted by molar-refractivity contribution is 5.84. The van der Waals surface area contributed by atoms with Crippen LogP contribution in [0.1, 0.15) is 28.2 Å². The molecule has 0 amide bonds. The number of aryl methyl sites for hydroxylation is 3. The Morgan fingerprint density at radius 1 is 1.09 bits per heavy atom. The van der Waals surface area contributed by atoms with Crippen LogP contribution in [0.3, 0.4) is 0 Å². The first-order valence-corrected chi connectivity index (χ1v) is 7.38. The molecule has 0 radical (unpaired) electrons. The molecule has 0 aliphatic rings. The lowest BCUT2D eigenvalue weighted by Crippen LogP contribution is -2.16. The van der Waals surface area contributed by atoms with Gasteiger partial charge in [-0.25, -0.2) is 0 Å². The lowest BCUT2D eigenvalue weighted by atomic mass is 10.0. The Labute approximate surface area is 128 Å². The number of H-pyrrole nitrogens is 2. The fraction of sp³-hybridized carbons (Fsp3) is 0.294. The van der Waals surface area contributed by atoms with Crippen LogP contribution in [-0.4, -0.2) is 15.2 Å². The quantitative estimate of drug-likeness (QED) is 0.692. The van der Waals surface area contributed by atoms with Crippen molar-refractivity contribution in [1.82, 2.24) is 20.5 Å². The number of aromatic amines is 2. The van der Waals surface area contributed by atoms with Crippen molar-refractivity contribution in [2.75, 3.05) is 0 Å². The largest absolute Gasteiger partial charge is 0.357 e. The standard InChI is InChI=1S/C17H20N4O/c1-10-4-5-11(2)17-16(10)15(22)7-13(19-17)8-18-9-14-6-12(3)20-21-14/h4-7,18H,8-9H2,1-3H3,(H,19,22)(H,20,21). The first kappa shape index (κ1) is 14.5. The van der Waals surface area contributed by atoms with Gasteiger partial charge in [0.05, 0.1) is 11.2 Å². The SMILES string of the molecule is Cc1cc(CNCc2cc(=O)c3c(C)ccc(C)c3[nH]2)n[nH]1. The van der Waals surface area contributed by atoms with Gasteiger partial charge in [-0.05, 0) is 38.0 Å². The number of nitrogens with zero attached hydrogens (tertiary/aromatic N) is 1. The van der Waals surface area contributed by atoms with Gasteiger partial charge in [0, 0.05) is 35.9 Å². The average molecular weight is 296 g/mol. The first-order valence-electron chi connectivity index (χ1n) is 7.38. The van der Waals surface area contributed by atoms with Crippen molar-refractivity contribution in [3.8, 4) is 0 Å². The second-order valence-corrected chi connectivity index (χ2v) is 5.75. The Balaban J connectivity index is 1.83. The van der Waals surface area contributed by atoms with Crippen molar-refractivity contribution in [3.63, 3.8) is 0 Å². The number of nitrogens with one attached hydrogen (secondary N) is 3. The average Bonchev–Trinajstić information content (AvgIpc) is 2.88.